The SMILES string of the molecule is COC(=O)c1c(N2CC(S(=O)(=O)F)CC2=O)sc(C)c1C. The first-order valence-electron chi connectivity index (χ1n) is 6.09. The number of carbonyl (C=O) groups excluding carboxylic acids is 2. The molecule has 0 aromatic carbocycles. The summed E-state index contributed by atoms with van der Waals surface area (Å²) in [5.41, 5.74) is 0.895. The number of nitrogens with zero attached hydrogens (tertiary/aromatic N) is 1. The Morgan fingerprint density at radius 3 is 2.52 bits per heavy atom. The summed E-state index contributed by atoms with van der Waals surface area (Å²) >= 11 is 1.19. The fourth-order valence-electron chi connectivity index (χ4n) is 2.20. The van der Waals surface area contributed by atoms with E-state index in [0.717, 1.165) is 9.78 Å². The van der Waals surface area contributed by atoms with E-state index in [-0.39, 0.29) is 12.1 Å². The highest BCUT2D eigenvalue weighted by atomic mass is 32.3. The van der Waals surface area contributed by atoms with E-state index in [1.807, 2.05) is 0 Å². The molecule has 0 N–H and O–H groups in total. The monoisotopic (exact) mass is 335 g/mol. The Bertz CT molecular complexity index is 709. The van der Waals surface area contributed by atoms with Crippen LogP contribution in [0.4, 0.5) is 8.89 Å². The van der Waals surface area contributed by atoms with E-state index in [2.05, 4.69) is 0 Å². The van der Waals surface area contributed by atoms with Crippen molar-refractivity contribution in [2.45, 2.75) is 25.5 Å². The van der Waals surface area contributed by atoms with Gasteiger partial charge in [0, 0.05) is 17.8 Å². The number of anilines is 1. The number of carbonyl (C=O) groups is 2. The predicted octanol–water partition coefficient (Wildman–Crippen LogP) is 1.56. The number of aryl methyl sites for hydroxylation is 1. The lowest BCUT2D eigenvalue weighted by atomic mass is 10.1. The van der Waals surface area contributed by atoms with Gasteiger partial charge in [-0.2, -0.15) is 8.42 Å². The van der Waals surface area contributed by atoms with Crippen molar-refractivity contribution in [1.29, 1.82) is 0 Å². The molecule has 1 amide bonds. The van der Waals surface area contributed by atoms with Crippen LogP contribution in [0.25, 0.3) is 0 Å². The van der Waals surface area contributed by atoms with E-state index in [9.17, 15) is 21.9 Å². The average Bonchev–Trinajstić information content (AvgIpc) is 2.90. The second-order valence-electron chi connectivity index (χ2n) is 4.76. The fourth-order valence-corrected chi connectivity index (χ4v) is 4.04. The van der Waals surface area contributed by atoms with Gasteiger partial charge in [0.2, 0.25) is 5.91 Å². The normalized spacial score (nSPS) is 19.1. The molecule has 0 bridgehead atoms. The van der Waals surface area contributed by atoms with E-state index in [0.29, 0.717) is 10.6 Å². The Balaban J connectivity index is 2.46. The number of amides is 1. The topological polar surface area (TPSA) is 80.8 Å². The molecule has 116 valence electrons. The third-order valence-corrected chi connectivity index (χ3v) is 5.83. The van der Waals surface area contributed by atoms with Crippen molar-refractivity contribution in [2.24, 2.45) is 0 Å². The third kappa shape index (κ3) is 2.80. The quantitative estimate of drug-likeness (QED) is 0.618. The zero-order valence-corrected chi connectivity index (χ0v) is 13.3. The second kappa shape index (κ2) is 5.38. The second-order valence-corrected chi connectivity index (χ2v) is 7.58. The van der Waals surface area contributed by atoms with Crippen LogP contribution in [0.15, 0.2) is 0 Å². The van der Waals surface area contributed by atoms with Gasteiger partial charge in [0.1, 0.15) is 10.3 Å². The Labute approximate surface area is 125 Å². The van der Waals surface area contributed by atoms with Gasteiger partial charge in [-0.25, -0.2) is 4.79 Å². The van der Waals surface area contributed by atoms with E-state index in [1.165, 1.54) is 18.4 Å². The largest absolute Gasteiger partial charge is 0.465 e. The van der Waals surface area contributed by atoms with Gasteiger partial charge in [0.15, 0.2) is 0 Å². The van der Waals surface area contributed by atoms with Gasteiger partial charge in [-0.05, 0) is 19.4 Å². The van der Waals surface area contributed by atoms with Gasteiger partial charge in [-0.15, -0.1) is 15.2 Å². The number of methoxy groups -OCH3 is 1. The standard InChI is InChI=1S/C12H14FNO5S2/c1-6-7(2)20-11(10(6)12(16)19-3)14-5-8(4-9(14)15)21(13,17)18/h8H,4-5H2,1-3H3. The molecule has 1 atom stereocenters. The molecule has 0 saturated carbocycles. The van der Waals surface area contributed by atoms with Gasteiger partial charge >= 0.3 is 16.2 Å². The maximum Gasteiger partial charge on any atom is 0.341 e. The highest BCUT2D eigenvalue weighted by Gasteiger charge is 2.41. The molecular weight excluding hydrogens is 321 g/mol. The molecule has 1 aliphatic heterocycles. The van der Waals surface area contributed by atoms with Gasteiger partial charge in [0.25, 0.3) is 0 Å². The molecule has 9 heteroatoms. The summed E-state index contributed by atoms with van der Waals surface area (Å²) in [5.74, 6) is -1.13. The van der Waals surface area contributed by atoms with Crippen LogP contribution in [0.1, 0.15) is 27.2 Å². The molecule has 1 aromatic rings. The number of rotatable bonds is 3. The highest BCUT2D eigenvalue weighted by molar-refractivity contribution is 7.87. The molecule has 21 heavy (non-hydrogen) atoms. The lowest BCUT2D eigenvalue weighted by Crippen LogP contribution is -2.27. The van der Waals surface area contributed by atoms with Crippen LogP contribution >= 0.6 is 11.3 Å². The Hall–Kier alpha value is -1.48. The Morgan fingerprint density at radius 1 is 1.43 bits per heavy atom. The molecule has 1 aromatic heterocycles. The minimum Gasteiger partial charge on any atom is -0.465 e. The Morgan fingerprint density at radius 2 is 2.05 bits per heavy atom. The molecule has 2 rings (SSSR count). The lowest BCUT2D eigenvalue weighted by Gasteiger charge is -2.15. The maximum absolute atomic E-state index is 13.1. The predicted molar refractivity (Wildman–Crippen MR) is 75.9 cm³/mol. The summed E-state index contributed by atoms with van der Waals surface area (Å²) in [4.78, 5) is 25.8. The molecule has 1 fully saturated rings. The first-order valence-corrected chi connectivity index (χ1v) is 8.35. The number of esters is 1. The number of thiophene rings is 1. The minimum atomic E-state index is -4.79. The lowest BCUT2D eigenvalue weighted by molar-refractivity contribution is -0.117. The van der Waals surface area contributed by atoms with Gasteiger partial charge in [-0.3, -0.25) is 4.79 Å². The summed E-state index contributed by atoms with van der Waals surface area (Å²) in [6.45, 7) is 3.20. The van der Waals surface area contributed by atoms with Gasteiger partial charge in [-0.1, -0.05) is 0 Å². The van der Waals surface area contributed by atoms with Crippen LogP contribution in [0.3, 0.4) is 0 Å². The summed E-state index contributed by atoms with van der Waals surface area (Å²) in [5, 5.41) is -1.08. The average molecular weight is 335 g/mol. The van der Waals surface area contributed by atoms with Crippen LogP contribution < -0.4 is 4.90 Å². The van der Waals surface area contributed by atoms with Crippen LogP contribution in [-0.2, 0) is 19.8 Å². The number of hydrogen-bond donors (Lipinski definition) is 0. The van der Waals surface area contributed by atoms with E-state index >= 15 is 0 Å². The third-order valence-electron chi connectivity index (χ3n) is 3.49. The molecule has 1 saturated heterocycles. The number of halogens is 1. The summed E-state index contributed by atoms with van der Waals surface area (Å²) in [6, 6.07) is 0. The molecule has 1 aliphatic rings. The minimum absolute atomic E-state index is 0.227. The zero-order valence-electron chi connectivity index (χ0n) is 11.7. The molecule has 6 nitrogen and oxygen atoms in total. The van der Waals surface area contributed by atoms with Crippen molar-refractivity contribution in [3.05, 3.63) is 16.0 Å². The van der Waals surface area contributed by atoms with E-state index in [4.69, 9.17) is 4.74 Å². The van der Waals surface area contributed by atoms with Crippen molar-refractivity contribution < 1.29 is 26.6 Å². The fraction of sp³-hybridized carbons (Fsp3) is 0.500. The van der Waals surface area contributed by atoms with Crippen molar-refractivity contribution in [1.82, 2.24) is 0 Å². The first kappa shape index (κ1) is 15.9. The zero-order chi connectivity index (χ0) is 15.9. The molecular formula is C12H14FNO5S2. The number of hydrogen-bond acceptors (Lipinski definition) is 6. The van der Waals surface area contributed by atoms with E-state index < -0.39 is 33.8 Å². The van der Waals surface area contributed by atoms with Crippen molar-refractivity contribution in [2.75, 3.05) is 18.6 Å². The van der Waals surface area contributed by atoms with Crippen molar-refractivity contribution in [3.8, 4) is 0 Å². The van der Waals surface area contributed by atoms with Crippen LogP contribution in [-0.4, -0.2) is 39.2 Å². The molecule has 0 aliphatic carbocycles. The van der Waals surface area contributed by atoms with Gasteiger partial charge in [0.05, 0.1) is 12.7 Å². The van der Waals surface area contributed by atoms with Crippen LogP contribution in [0, 0.1) is 13.8 Å². The molecule has 2 heterocycles. The van der Waals surface area contributed by atoms with Gasteiger partial charge < -0.3 is 9.64 Å². The van der Waals surface area contributed by atoms with Crippen molar-refractivity contribution in [3.63, 3.8) is 0 Å². The summed E-state index contributed by atoms with van der Waals surface area (Å²) in [6.07, 6.45) is -0.421. The summed E-state index contributed by atoms with van der Waals surface area (Å²) in [7, 11) is -3.57. The maximum atomic E-state index is 13.1. The smallest absolute Gasteiger partial charge is 0.341 e. The number of ether oxygens (including phenoxy) is 1. The van der Waals surface area contributed by atoms with Crippen LogP contribution in [0.5, 0.6) is 0 Å². The highest BCUT2D eigenvalue weighted by Crippen LogP contribution is 2.38. The molecule has 0 radical (unpaired) electrons. The summed E-state index contributed by atoms with van der Waals surface area (Å²) < 4.78 is 39.7. The molecule has 1 unspecified atom stereocenters. The van der Waals surface area contributed by atoms with Crippen molar-refractivity contribution >= 4 is 38.4 Å². The Kier molecular flexibility index (Phi) is 4.07. The van der Waals surface area contributed by atoms with E-state index in [1.54, 1.807) is 13.8 Å². The molecule has 0 spiro atoms. The van der Waals surface area contributed by atoms with Crippen LogP contribution in [0.2, 0.25) is 0 Å². The first-order chi connectivity index (χ1) is 9.66.